The molecule has 1 N–H and O–H groups in total. The van der Waals surface area contributed by atoms with E-state index in [1.807, 2.05) is 36.4 Å². The number of hydrogen-bond donors (Lipinski definition) is 1. The smallest absolute Gasteiger partial charge is 0.295 e. The summed E-state index contributed by atoms with van der Waals surface area (Å²) in [5, 5.41) is 12.0. The molecule has 0 saturated carbocycles. The van der Waals surface area contributed by atoms with Crippen LogP contribution in [-0.4, -0.2) is 15.3 Å². The number of nitrogens with one attached hydrogen (secondary N) is 1. The van der Waals surface area contributed by atoms with Gasteiger partial charge in [-0.1, -0.05) is 46.3 Å². The molecule has 0 aliphatic rings. The van der Waals surface area contributed by atoms with E-state index in [1.54, 1.807) is 42.9 Å². The lowest BCUT2D eigenvalue weighted by Crippen LogP contribution is -2.23. The second kappa shape index (κ2) is 8.11. The summed E-state index contributed by atoms with van der Waals surface area (Å²) in [5.74, 6) is -0.631. The molecule has 0 aliphatic carbocycles. The third-order valence-electron chi connectivity index (χ3n) is 4.32. The van der Waals surface area contributed by atoms with E-state index in [4.69, 9.17) is 0 Å². The van der Waals surface area contributed by atoms with Crippen LogP contribution in [0.5, 0.6) is 0 Å². The Kier molecular flexibility index (Phi) is 5.62. The second-order valence-corrected chi connectivity index (χ2v) is 7.03. The topological polar surface area (TPSA) is 79.8 Å². The van der Waals surface area contributed by atoms with Crippen LogP contribution in [0.15, 0.2) is 69.4 Å². The Bertz CT molecular complexity index is 1170. The predicted molar refractivity (Wildman–Crippen MR) is 112 cm³/mol. The van der Waals surface area contributed by atoms with Crippen LogP contribution >= 0.6 is 15.9 Å². The monoisotopic (exact) mass is 436 g/mol. The summed E-state index contributed by atoms with van der Waals surface area (Å²) < 4.78 is 3.97. The lowest BCUT2D eigenvalue weighted by molar-refractivity contribution is -0.112. The Morgan fingerprint density at radius 3 is 2.54 bits per heavy atom. The standard InChI is InChI=1S/C21H17BrN4O2/c1-14-19(21(28)26(25(14)2)18-9-4-3-5-10-18)24-20(27)16(13-23)11-15-7-6-8-17(22)12-15/h3-12H,1-2H3,(H,24,27)/b16-11+. The SMILES string of the molecule is Cc1c(NC(=O)/C(C#N)=C/c2cccc(Br)c2)c(=O)n(-c2ccccc2)n1C. The highest BCUT2D eigenvalue weighted by Gasteiger charge is 2.19. The minimum Gasteiger partial charge on any atom is -0.315 e. The maximum absolute atomic E-state index is 12.9. The first-order valence-corrected chi connectivity index (χ1v) is 9.24. The molecule has 0 spiro atoms. The van der Waals surface area contributed by atoms with Crippen molar-refractivity contribution in [3.63, 3.8) is 0 Å². The van der Waals surface area contributed by atoms with Gasteiger partial charge in [0.25, 0.3) is 11.5 Å². The summed E-state index contributed by atoms with van der Waals surface area (Å²) >= 11 is 3.36. The molecule has 1 heterocycles. The Hall–Kier alpha value is -3.37. The number of carbonyl (C=O) groups excluding carboxylic acids is 1. The van der Waals surface area contributed by atoms with E-state index < -0.39 is 5.91 Å². The van der Waals surface area contributed by atoms with Crippen molar-refractivity contribution < 1.29 is 4.79 Å². The molecule has 0 unspecified atom stereocenters. The maximum Gasteiger partial charge on any atom is 0.295 e. The van der Waals surface area contributed by atoms with Crippen LogP contribution < -0.4 is 10.9 Å². The van der Waals surface area contributed by atoms with Crippen LogP contribution in [-0.2, 0) is 11.8 Å². The first-order chi connectivity index (χ1) is 13.4. The van der Waals surface area contributed by atoms with E-state index in [0.29, 0.717) is 16.9 Å². The zero-order valence-corrected chi connectivity index (χ0v) is 16.9. The average Bonchev–Trinajstić information content (AvgIpc) is 2.90. The molecule has 140 valence electrons. The zero-order chi connectivity index (χ0) is 20.3. The first kappa shape index (κ1) is 19.4. The van der Waals surface area contributed by atoms with Gasteiger partial charge in [0.05, 0.1) is 11.4 Å². The number of amides is 1. The third-order valence-corrected chi connectivity index (χ3v) is 4.81. The zero-order valence-electron chi connectivity index (χ0n) is 15.3. The number of anilines is 1. The summed E-state index contributed by atoms with van der Waals surface area (Å²) in [6.45, 7) is 1.74. The van der Waals surface area contributed by atoms with Crippen molar-refractivity contribution in [2.45, 2.75) is 6.92 Å². The number of halogens is 1. The number of aromatic nitrogens is 2. The number of nitriles is 1. The largest absolute Gasteiger partial charge is 0.315 e. The minimum absolute atomic E-state index is 0.0907. The van der Waals surface area contributed by atoms with Crippen LogP contribution in [0.1, 0.15) is 11.3 Å². The normalized spacial score (nSPS) is 11.1. The number of hydrogen-bond acceptors (Lipinski definition) is 3. The van der Waals surface area contributed by atoms with Gasteiger partial charge in [-0.25, -0.2) is 4.68 Å². The Balaban J connectivity index is 1.96. The number of nitrogens with zero attached hydrogens (tertiary/aromatic N) is 3. The molecule has 0 fully saturated rings. The Morgan fingerprint density at radius 2 is 1.89 bits per heavy atom. The van der Waals surface area contributed by atoms with Crippen molar-refractivity contribution in [3.8, 4) is 11.8 Å². The highest BCUT2D eigenvalue weighted by atomic mass is 79.9. The van der Waals surface area contributed by atoms with Gasteiger partial charge >= 0.3 is 0 Å². The summed E-state index contributed by atoms with van der Waals surface area (Å²) in [4.78, 5) is 25.5. The van der Waals surface area contributed by atoms with Crippen molar-refractivity contribution in [3.05, 3.63) is 86.3 Å². The fourth-order valence-electron chi connectivity index (χ4n) is 2.80. The number of carbonyl (C=O) groups is 1. The van der Waals surface area contributed by atoms with Crippen LogP contribution in [0, 0.1) is 18.3 Å². The van der Waals surface area contributed by atoms with Gasteiger partial charge in [-0.15, -0.1) is 0 Å². The summed E-state index contributed by atoms with van der Waals surface area (Å²) in [5.41, 5.74) is 1.66. The fraction of sp³-hybridized carbons (Fsp3) is 0.0952. The van der Waals surface area contributed by atoms with Crippen LogP contribution in [0.2, 0.25) is 0 Å². The molecule has 3 aromatic rings. The Morgan fingerprint density at radius 1 is 1.18 bits per heavy atom. The predicted octanol–water partition coefficient (Wildman–Crippen LogP) is 3.79. The van der Waals surface area contributed by atoms with Crippen molar-refractivity contribution in [1.29, 1.82) is 5.26 Å². The van der Waals surface area contributed by atoms with E-state index in [1.165, 1.54) is 10.8 Å². The van der Waals surface area contributed by atoms with E-state index in [-0.39, 0.29) is 16.8 Å². The minimum atomic E-state index is -0.631. The molecule has 0 saturated heterocycles. The molecule has 0 bridgehead atoms. The molecule has 7 heteroatoms. The van der Waals surface area contributed by atoms with Gasteiger partial charge in [0.2, 0.25) is 0 Å². The van der Waals surface area contributed by atoms with Crippen LogP contribution in [0.3, 0.4) is 0 Å². The first-order valence-electron chi connectivity index (χ1n) is 8.45. The molecule has 3 rings (SSSR count). The lowest BCUT2D eigenvalue weighted by Gasteiger charge is -2.07. The van der Waals surface area contributed by atoms with Gasteiger partial charge < -0.3 is 5.32 Å². The van der Waals surface area contributed by atoms with E-state index in [2.05, 4.69) is 21.2 Å². The lowest BCUT2D eigenvalue weighted by atomic mass is 10.1. The number of para-hydroxylation sites is 1. The number of rotatable bonds is 4. The third kappa shape index (κ3) is 3.82. The molecule has 0 atom stereocenters. The van der Waals surface area contributed by atoms with Crippen molar-refractivity contribution in [2.24, 2.45) is 7.05 Å². The van der Waals surface area contributed by atoms with Gasteiger partial charge in [0.1, 0.15) is 17.3 Å². The van der Waals surface area contributed by atoms with Crippen LogP contribution in [0.4, 0.5) is 5.69 Å². The molecule has 0 aliphatic heterocycles. The summed E-state index contributed by atoms with van der Waals surface area (Å²) in [6, 6.07) is 18.3. The highest BCUT2D eigenvalue weighted by Crippen LogP contribution is 2.17. The van der Waals surface area contributed by atoms with E-state index >= 15 is 0 Å². The molecule has 2 aromatic carbocycles. The van der Waals surface area contributed by atoms with Gasteiger partial charge in [-0.3, -0.25) is 14.3 Å². The second-order valence-electron chi connectivity index (χ2n) is 6.12. The molecule has 1 aromatic heterocycles. The van der Waals surface area contributed by atoms with E-state index in [9.17, 15) is 14.9 Å². The van der Waals surface area contributed by atoms with Crippen LogP contribution in [0.25, 0.3) is 11.8 Å². The van der Waals surface area contributed by atoms with Crippen molar-refractivity contribution in [2.75, 3.05) is 5.32 Å². The van der Waals surface area contributed by atoms with E-state index in [0.717, 1.165) is 4.47 Å². The fourth-order valence-corrected chi connectivity index (χ4v) is 3.22. The van der Waals surface area contributed by atoms with Crippen molar-refractivity contribution >= 4 is 33.6 Å². The molecule has 0 radical (unpaired) electrons. The van der Waals surface area contributed by atoms with Gasteiger partial charge in [-0.05, 0) is 42.8 Å². The maximum atomic E-state index is 12.9. The number of benzene rings is 2. The Labute approximate surface area is 170 Å². The quantitative estimate of drug-likeness (QED) is 0.498. The van der Waals surface area contributed by atoms with Gasteiger partial charge in [0.15, 0.2) is 0 Å². The molecular formula is C21H17BrN4O2. The molecule has 6 nitrogen and oxygen atoms in total. The van der Waals surface area contributed by atoms with Gasteiger partial charge in [0, 0.05) is 11.5 Å². The average molecular weight is 437 g/mol. The highest BCUT2D eigenvalue weighted by molar-refractivity contribution is 9.10. The summed E-state index contributed by atoms with van der Waals surface area (Å²) in [7, 11) is 1.74. The molecule has 28 heavy (non-hydrogen) atoms. The van der Waals surface area contributed by atoms with Gasteiger partial charge in [-0.2, -0.15) is 5.26 Å². The summed E-state index contributed by atoms with van der Waals surface area (Å²) in [6.07, 6.45) is 1.48. The molecular weight excluding hydrogens is 420 g/mol. The molecule has 1 amide bonds. The van der Waals surface area contributed by atoms with Crippen molar-refractivity contribution in [1.82, 2.24) is 9.36 Å².